The molecule has 1 aromatic rings. The molecule has 112 valence electrons. The summed E-state index contributed by atoms with van der Waals surface area (Å²) in [7, 11) is -0.864. The van der Waals surface area contributed by atoms with E-state index in [1.807, 2.05) is 6.92 Å². The topological polar surface area (TPSA) is 46.3 Å². The first kappa shape index (κ1) is 15.4. The molecule has 1 aliphatic rings. The van der Waals surface area contributed by atoms with Crippen LogP contribution in [0.4, 0.5) is 14.5 Å². The number of nitrogens with zero attached hydrogens (tertiary/aromatic N) is 1. The van der Waals surface area contributed by atoms with Crippen LogP contribution in [0.15, 0.2) is 12.1 Å². The standard InChI is InChI=1S/C14H20F2N2OS/c1-2-11(17)7-10-8-12(15)14(13(16)9-10)18-3-5-20(19)6-4-18/h8-9,11H,2-7,17H2,1H3. The van der Waals surface area contributed by atoms with Crippen LogP contribution in [0, 0.1) is 11.6 Å². The van der Waals surface area contributed by atoms with Gasteiger partial charge in [-0.25, -0.2) is 8.78 Å². The Labute approximate surface area is 120 Å². The average Bonchev–Trinajstić information content (AvgIpc) is 2.40. The van der Waals surface area contributed by atoms with Crippen LogP contribution in [0.5, 0.6) is 0 Å². The first-order chi connectivity index (χ1) is 9.51. The van der Waals surface area contributed by atoms with E-state index in [0.29, 0.717) is 36.6 Å². The Bertz CT molecular complexity index is 477. The van der Waals surface area contributed by atoms with Crippen molar-refractivity contribution < 1.29 is 13.0 Å². The predicted molar refractivity (Wildman–Crippen MR) is 78.4 cm³/mol. The number of anilines is 1. The van der Waals surface area contributed by atoms with Gasteiger partial charge in [0, 0.05) is 41.4 Å². The lowest BCUT2D eigenvalue weighted by atomic mass is 10.0. The summed E-state index contributed by atoms with van der Waals surface area (Å²) >= 11 is 0. The van der Waals surface area contributed by atoms with Crippen LogP contribution in [0.2, 0.25) is 0 Å². The van der Waals surface area contributed by atoms with E-state index in [1.165, 1.54) is 12.1 Å². The molecule has 1 aliphatic heterocycles. The van der Waals surface area contributed by atoms with Gasteiger partial charge in [-0.3, -0.25) is 4.21 Å². The lowest BCUT2D eigenvalue weighted by Crippen LogP contribution is -2.38. The molecule has 3 nitrogen and oxygen atoms in total. The highest BCUT2D eigenvalue weighted by atomic mass is 32.2. The zero-order valence-corrected chi connectivity index (χ0v) is 12.4. The minimum Gasteiger partial charge on any atom is -0.365 e. The van der Waals surface area contributed by atoms with E-state index in [2.05, 4.69) is 0 Å². The second-order valence-corrected chi connectivity index (χ2v) is 6.81. The molecule has 20 heavy (non-hydrogen) atoms. The Kier molecular flexibility index (Phi) is 5.10. The second-order valence-electron chi connectivity index (χ2n) is 5.12. The van der Waals surface area contributed by atoms with E-state index in [4.69, 9.17) is 5.73 Å². The van der Waals surface area contributed by atoms with Gasteiger partial charge in [0.25, 0.3) is 0 Å². The Morgan fingerprint density at radius 2 is 1.85 bits per heavy atom. The minimum absolute atomic E-state index is 0.00415. The molecular formula is C14H20F2N2OS. The summed E-state index contributed by atoms with van der Waals surface area (Å²) in [5.41, 5.74) is 6.39. The van der Waals surface area contributed by atoms with Crippen molar-refractivity contribution in [3.63, 3.8) is 0 Å². The molecule has 1 atom stereocenters. The van der Waals surface area contributed by atoms with Gasteiger partial charge in [0.1, 0.15) is 17.3 Å². The summed E-state index contributed by atoms with van der Waals surface area (Å²) < 4.78 is 39.6. The van der Waals surface area contributed by atoms with Crippen molar-refractivity contribution in [2.45, 2.75) is 25.8 Å². The summed E-state index contributed by atoms with van der Waals surface area (Å²) in [6.07, 6.45) is 1.23. The molecule has 0 aromatic heterocycles. The molecule has 1 heterocycles. The SMILES string of the molecule is CCC(N)Cc1cc(F)c(N2CCS(=O)CC2)c(F)c1. The van der Waals surface area contributed by atoms with Gasteiger partial charge in [-0.05, 0) is 30.5 Å². The van der Waals surface area contributed by atoms with E-state index in [9.17, 15) is 13.0 Å². The summed E-state index contributed by atoms with van der Waals surface area (Å²) in [6, 6.07) is 2.64. The van der Waals surface area contributed by atoms with Crippen LogP contribution in [0.1, 0.15) is 18.9 Å². The van der Waals surface area contributed by atoms with Gasteiger partial charge in [0.2, 0.25) is 0 Å². The van der Waals surface area contributed by atoms with Gasteiger partial charge in [-0.1, -0.05) is 6.92 Å². The molecule has 0 radical (unpaired) electrons. The Morgan fingerprint density at radius 3 is 2.35 bits per heavy atom. The molecule has 0 amide bonds. The fourth-order valence-corrected chi connectivity index (χ4v) is 3.40. The van der Waals surface area contributed by atoms with Crippen LogP contribution in [0.3, 0.4) is 0 Å². The quantitative estimate of drug-likeness (QED) is 0.923. The normalized spacial score (nSPS) is 18.3. The van der Waals surface area contributed by atoms with Crippen LogP contribution >= 0.6 is 0 Å². The molecule has 1 fully saturated rings. The molecule has 0 aliphatic carbocycles. The minimum atomic E-state index is -0.864. The first-order valence-electron chi connectivity index (χ1n) is 6.84. The van der Waals surface area contributed by atoms with Crippen molar-refractivity contribution in [2.75, 3.05) is 29.5 Å². The zero-order chi connectivity index (χ0) is 14.7. The van der Waals surface area contributed by atoms with E-state index >= 15 is 0 Å². The molecule has 2 N–H and O–H groups in total. The highest BCUT2D eigenvalue weighted by Crippen LogP contribution is 2.26. The van der Waals surface area contributed by atoms with Crippen molar-refractivity contribution in [1.29, 1.82) is 0 Å². The molecule has 1 saturated heterocycles. The van der Waals surface area contributed by atoms with Gasteiger partial charge >= 0.3 is 0 Å². The average molecular weight is 302 g/mol. The van der Waals surface area contributed by atoms with E-state index in [0.717, 1.165) is 6.42 Å². The Balaban J connectivity index is 2.20. The van der Waals surface area contributed by atoms with Crippen LogP contribution in [-0.2, 0) is 17.2 Å². The molecule has 1 aromatic carbocycles. The predicted octanol–water partition coefficient (Wildman–Crippen LogP) is 1.81. The van der Waals surface area contributed by atoms with Crippen LogP contribution in [0.25, 0.3) is 0 Å². The lowest BCUT2D eigenvalue weighted by Gasteiger charge is -2.29. The molecule has 2 rings (SSSR count). The van der Waals surface area contributed by atoms with Crippen molar-refractivity contribution in [2.24, 2.45) is 5.73 Å². The summed E-state index contributed by atoms with van der Waals surface area (Å²) in [5.74, 6) is -0.199. The van der Waals surface area contributed by atoms with Crippen molar-refractivity contribution in [1.82, 2.24) is 0 Å². The third-order valence-electron chi connectivity index (χ3n) is 3.59. The number of nitrogens with two attached hydrogens (primary N) is 1. The van der Waals surface area contributed by atoms with Crippen molar-refractivity contribution in [3.05, 3.63) is 29.3 Å². The van der Waals surface area contributed by atoms with Gasteiger partial charge in [0.05, 0.1) is 0 Å². The third kappa shape index (κ3) is 3.55. The van der Waals surface area contributed by atoms with Gasteiger partial charge in [0.15, 0.2) is 0 Å². The fraction of sp³-hybridized carbons (Fsp3) is 0.571. The van der Waals surface area contributed by atoms with Gasteiger partial charge < -0.3 is 10.6 Å². The number of benzene rings is 1. The zero-order valence-electron chi connectivity index (χ0n) is 11.6. The number of hydrogen-bond donors (Lipinski definition) is 1. The summed E-state index contributed by atoms with van der Waals surface area (Å²) in [4.78, 5) is 1.63. The Morgan fingerprint density at radius 1 is 1.30 bits per heavy atom. The molecule has 6 heteroatoms. The molecule has 0 spiro atoms. The Hall–Kier alpha value is -1.01. The largest absolute Gasteiger partial charge is 0.365 e. The lowest BCUT2D eigenvalue weighted by molar-refractivity contribution is 0.563. The maximum Gasteiger partial charge on any atom is 0.149 e. The first-order valence-corrected chi connectivity index (χ1v) is 8.33. The highest BCUT2D eigenvalue weighted by Gasteiger charge is 2.22. The highest BCUT2D eigenvalue weighted by molar-refractivity contribution is 7.85. The fourth-order valence-electron chi connectivity index (χ4n) is 2.35. The maximum atomic E-state index is 14.1. The van der Waals surface area contributed by atoms with E-state index in [-0.39, 0.29) is 11.7 Å². The third-order valence-corrected chi connectivity index (χ3v) is 4.87. The van der Waals surface area contributed by atoms with Crippen LogP contribution < -0.4 is 10.6 Å². The number of hydrogen-bond acceptors (Lipinski definition) is 3. The van der Waals surface area contributed by atoms with Crippen molar-refractivity contribution in [3.8, 4) is 0 Å². The molecular weight excluding hydrogens is 282 g/mol. The van der Waals surface area contributed by atoms with Crippen LogP contribution in [-0.4, -0.2) is 34.8 Å². The van der Waals surface area contributed by atoms with Crippen molar-refractivity contribution >= 4 is 16.5 Å². The molecule has 1 unspecified atom stereocenters. The van der Waals surface area contributed by atoms with Gasteiger partial charge in [-0.15, -0.1) is 0 Å². The summed E-state index contributed by atoms with van der Waals surface area (Å²) in [6.45, 7) is 2.79. The second kappa shape index (κ2) is 6.63. The monoisotopic (exact) mass is 302 g/mol. The maximum absolute atomic E-state index is 14.1. The van der Waals surface area contributed by atoms with E-state index in [1.54, 1.807) is 4.90 Å². The number of halogens is 2. The van der Waals surface area contributed by atoms with E-state index < -0.39 is 22.4 Å². The summed E-state index contributed by atoms with van der Waals surface area (Å²) in [5, 5.41) is 0. The molecule has 0 saturated carbocycles. The number of rotatable bonds is 4. The van der Waals surface area contributed by atoms with Gasteiger partial charge in [-0.2, -0.15) is 0 Å². The molecule has 0 bridgehead atoms. The smallest absolute Gasteiger partial charge is 0.149 e.